The van der Waals surface area contributed by atoms with Gasteiger partial charge in [0.15, 0.2) is 5.79 Å². The zero-order valence-electron chi connectivity index (χ0n) is 16.0. The van der Waals surface area contributed by atoms with E-state index in [1.54, 1.807) is 12.1 Å². The molecule has 1 fully saturated rings. The van der Waals surface area contributed by atoms with Crippen LogP contribution < -0.4 is 16.0 Å². The van der Waals surface area contributed by atoms with Crippen LogP contribution in [0, 0.1) is 11.6 Å². The van der Waals surface area contributed by atoms with Gasteiger partial charge in [0.1, 0.15) is 17.7 Å². The van der Waals surface area contributed by atoms with Gasteiger partial charge in [-0.3, -0.25) is 4.79 Å². The monoisotopic (exact) mass is 401 g/mol. The summed E-state index contributed by atoms with van der Waals surface area (Å²) in [6.07, 6.45) is 1.28. The van der Waals surface area contributed by atoms with Crippen LogP contribution in [-0.4, -0.2) is 30.9 Å². The van der Waals surface area contributed by atoms with E-state index >= 15 is 0 Å². The highest BCUT2D eigenvalue weighted by Crippen LogP contribution is 2.32. The number of ether oxygens (including phenoxy) is 2. The van der Waals surface area contributed by atoms with Crippen molar-refractivity contribution in [2.24, 2.45) is 0 Å². The molecule has 2 heterocycles. The number of nitrogens with one attached hydrogen (secondary N) is 3. The molecule has 2 aliphatic heterocycles. The van der Waals surface area contributed by atoms with Crippen LogP contribution >= 0.6 is 0 Å². The Labute approximate surface area is 166 Å². The van der Waals surface area contributed by atoms with Crippen LogP contribution in [0.3, 0.4) is 0 Å². The van der Waals surface area contributed by atoms with E-state index in [-0.39, 0.29) is 17.6 Å². The first-order valence-electron chi connectivity index (χ1n) is 9.24. The largest absolute Gasteiger partial charge is 0.380 e. The number of anilines is 3. The minimum atomic E-state index is -0.625. The van der Waals surface area contributed by atoms with Crippen molar-refractivity contribution in [3.63, 3.8) is 0 Å². The Morgan fingerprint density at radius 1 is 1.24 bits per heavy atom. The van der Waals surface area contributed by atoms with Gasteiger partial charge in [-0.15, -0.1) is 0 Å². The van der Waals surface area contributed by atoms with Gasteiger partial charge in [-0.05, 0) is 50.2 Å². The van der Waals surface area contributed by atoms with E-state index in [2.05, 4.69) is 16.0 Å². The van der Waals surface area contributed by atoms with Gasteiger partial charge in [-0.1, -0.05) is 0 Å². The van der Waals surface area contributed by atoms with Crippen molar-refractivity contribution < 1.29 is 23.0 Å². The smallest absolute Gasteiger partial charge is 0.257 e. The SMILES string of the molecule is CC1(C)OCC(CNc2ccc(N/C=C3/C(=O)Nc4ccc(F)cc43)cc2F)O1. The maximum Gasteiger partial charge on any atom is 0.257 e. The predicted molar refractivity (Wildman–Crippen MR) is 106 cm³/mol. The molecule has 1 atom stereocenters. The lowest BCUT2D eigenvalue weighted by molar-refractivity contribution is -0.136. The average molecular weight is 401 g/mol. The average Bonchev–Trinajstić information content (AvgIpc) is 3.17. The number of fused-ring (bicyclic) bond motifs is 1. The quantitative estimate of drug-likeness (QED) is 0.662. The van der Waals surface area contributed by atoms with Crippen molar-refractivity contribution in [1.82, 2.24) is 0 Å². The molecule has 152 valence electrons. The van der Waals surface area contributed by atoms with Crippen molar-refractivity contribution in [1.29, 1.82) is 0 Å². The molecule has 0 aliphatic carbocycles. The molecular weight excluding hydrogens is 380 g/mol. The normalized spacial score (nSPS) is 21.2. The first-order valence-corrected chi connectivity index (χ1v) is 9.24. The fraction of sp³-hybridized carbons (Fsp3) is 0.286. The Hall–Kier alpha value is -2.97. The third-order valence-corrected chi connectivity index (χ3v) is 4.70. The van der Waals surface area contributed by atoms with E-state index in [9.17, 15) is 13.6 Å². The number of carbonyl (C=O) groups excluding carboxylic acids is 1. The van der Waals surface area contributed by atoms with Gasteiger partial charge in [0.25, 0.3) is 5.91 Å². The second kappa shape index (κ2) is 7.46. The molecule has 0 radical (unpaired) electrons. The molecule has 0 saturated carbocycles. The van der Waals surface area contributed by atoms with Crippen LogP contribution in [0.15, 0.2) is 42.6 Å². The Balaban J connectivity index is 1.42. The summed E-state index contributed by atoms with van der Waals surface area (Å²) in [6.45, 7) is 4.53. The summed E-state index contributed by atoms with van der Waals surface area (Å²) >= 11 is 0. The van der Waals surface area contributed by atoms with Crippen LogP contribution in [0.5, 0.6) is 0 Å². The molecule has 3 N–H and O–H groups in total. The highest BCUT2D eigenvalue weighted by atomic mass is 19.1. The van der Waals surface area contributed by atoms with Gasteiger partial charge in [-0.2, -0.15) is 0 Å². The molecule has 0 spiro atoms. The van der Waals surface area contributed by atoms with Crippen LogP contribution in [0.1, 0.15) is 19.4 Å². The lowest BCUT2D eigenvalue weighted by Crippen LogP contribution is -2.26. The Bertz CT molecular complexity index is 991. The fourth-order valence-corrected chi connectivity index (χ4v) is 3.29. The highest BCUT2D eigenvalue weighted by Gasteiger charge is 2.32. The van der Waals surface area contributed by atoms with Crippen molar-refractivity contribution in [2.75, 3.05) is 29.1 Å². The zero-order valence-corrected chi connectivity index (χ0v) is 16.0. The maximum absolute atomic E-state index is 14.4. The summed E-state index contributed by atoms with van der Waals surface area (Å²) in [5, 5.41) is 8.57. The van der Waals surface area contributed by atoms with E-state index in [1.807, 2.05) is 13.8 Å². The summed E-state index contributed by atoms with van der Waals surface area (Å²) in [6, 6.07) is 8.65. The summed E-state index contributed by atoms with van der Waals surface area (Å²) in [5.41, 5.74) is 2.07. The Morgan fingerprint density at radius 3 is 2.79 bits per heavy atom. The zero-order chi connectivity index (χ0) is 20.6. The number of amides is 1. The van der Waals surface area contributed by atoms with E-state index in [1.165, 1.54) is 30.5 Å². The van der Waals surface area contributed by atoms with Crippen LogP contribution in [0.4, 0.5) is 25.8 Å². The maximum atomic E-state index is 14.4. The highest BCUT2D eigenvalue weighted by molar-refractivity contribution is 6.31. The number of carbonyl (C=O) groups is 1. The predicted octanol–water partition coefficient (Wildman–Crippen LogP) is 3.93. The van der Waals surface area contributed by atoms with Crippen molar-refractivity contribution in [3.05, 3.63) is 59.8 Å². The van der Waals surface area contributed by atoms with E-state index < -0.39 is 17.4 Å². The standard InChI is InChI=1S/C21H21F2N3O3/c1-21(2)28-11-14(29-21)9-25-19-6-4-13(8-17(19)23)24-10-16-15-7-12(22)3-5-18(15)26-20(16)27/h3-8,10,14,24-25H,9,11H2,1-2H3,(H,26,27)/b16-10+. The first kappa shape index (κ1) is 19.4. The molecule has 2 aromatic rings. The number of benzene rings is 2. The van der Waals surface area contributed by atoms with Gasteiger partial charge in [0, 0.05) is 29.7 Å². The molecule has 29 heavy (non-hydrogen) atoms. The molecule has 6 nitrogen and oxygen atoms in total. The van der Waals surface area contributed by atoms with Gasteiger partial charge >= 0.3 is 0 Å². The van der Waals surface area contributed by atoms with Crippen molar-refractivity contribution in [3.8, 4) is 0 Å². The van der Waals surface area contributed by atoms with Crippen molar-refractivity contribution >= 4 is 28.5 Å². The van der Waals surface area contributed by atoms with Gasteiger partial charge in [0.2, 0.25) is 0 Å². The summed E-state index contributed by atoms with van der Waals surface area (Å²) in [4.78, 5) is 12.1. The van der Waals surface area contributed by atoms with Gasteiger partial charge < -0.3 is 25.4 Å². The van der Waals surface area contributed by atoms with E-state index in [4.69, 9.17) is 9.47 Å². The molecule has 2 aliphatic rings. The van der Waals surface area contributed by atoms with Crippen LogP contribution in [-0.2, 0) is 14.3 Å². The van der Waals surface area contributed by atoms with E-state index in [0.717, 1.165) is 0 Å². The third kappa shape index (κ3) is 4.23. The molecular formula is C21H21F2N3O3. The minimum absolute atomic E-state index is 0.159. The second-order valence-corrected chi connectivity index (χ2v) is 7.37. The number of rotatable bonds is 5. The Kier molecular flexibility index (Phi) is 4.97. The molecule has 8 heteroatoms. The van der Waals surface area contributed by atoms with Crippen LogP contribution in [0.2, 0.25) is 0 Å². The fourth-order valence-electron chi connectivity index (χ4n) is 3.29. The second-order valence-electron chi connectivity index (χ2n) is 7.37. The molecule has 1 saturated heterocycles. The lowest BCUT2D eigenvalue weighted by atomic mass is 10.1. The first-order chi connectivity index (χ1) is 13.8. The van der Waals surface area contributed by atoms with E-state index in [0.29, 0.717) is 35.8 Å². The topological polar surface area (TPSA) is 71.6 Å². The Morgan fingerprint density at radius 2 is 2.07 bits per heavy atom. The summed E-state index contributed by atoms with van der Waals surface area (Å²) < 4.78 is 39.1. The summed E-state index contributed by atoms with van der Waals surface area (Å²) in [5.74, 6) is -1.86. The van der Waals surface area contributed by atoms with Gasteiger partial charge in [0.05, 0.1) is 17.9 Å². The minimum Gasteiger partial charge on any atom is -0.380 e. The van der Waals surface area contributed by atoms with Gasteiger partial charge in [-0.25, -0.2) is 8.78 Å². The molecule has 0 aromatic heterocycles. The lowest BCUT2D eigenvalue weighted by Gasteiger charge is -2.17. The molecule has 4 rings (SSSR count). The molecule has 2 aromatic carbocycles. The number of halogens is 2. The number of hydrogen-bond acceptors (Lipinski definition) is 5. The van der Waals surface area contributed by atoms with Crippen molar-refractivity contribution in [2.45, 2.75) is 25.7 Å². The molecule has 1 unspecified atom stereocenters. The molecule has 1 amide bonds. The number of hydrogen-bond donors (Lipinski definition) is 3. The summed E-state index contributed by atoms with van der Waals surface area (Å²) in [7, 11) is 0. The van der Waals surface area contributed by atoms with Crippen LogP contribution in [0.25, 0.3) is 5.57 Å². The molecule has 0 bridgehead atoms. The third-order valence-electron chi connectivity index (χ3n) is 4.70.